The number of carbonyl (C=O) groups excluding carboxylic acids is 2. The molecule has 2 saturated heterocycles. The van der Waals surface area contributed by atoms with Gasteiger partial charge in [0.1, 0.15) is 23.7 Å². The summed E-state index contributed by atoms with van der Waals surface area (Å²) < 4.78 is 0. The van der Waals surface area contributed by atoms with Gasteiger partial charge in [0.25, 0.3) is 0 Å². The maximum atomic E-state index is 14.7. The van der Waals surface area contributed by atoms with Gasteiger partial charge < -0.3 is 19.8 Å². The molecule has 5 aromatic carbocycles. The van der Waals surface area contributed by atoms with Gasteiger partial charge in [-0.05, 0) is 92.8 Å². The molecule has 2 aromatic heterocycles. The Hall–Kier alpha value is -6.62. The molecule has 5 atom stereocenters. The van der Waals surface area contributed by atoms with Crippen molar-refractivity contribution in [1.82, 2.24) is 39.5 Å². The van der Waals surface area contributed by atoms with Crippen molar-refractivity contribution in [3.8, 4) is 33.6 Å². The van der Waals surface area contributed by atoms with Gasteiger partial charge in [-0.15, -0.1) is 0 Å². The first-order valence-corrected chi connectivity index (χ1v) is 21.7. The molecule has 2 amide bonds. The van der Waals surface area contributed by atoms with E-state index in [0.29, 0.717) is 6.54 Å². The van der Waals surface area contributed by atoms with Gasteiger partial charge in [0.05, 0.1) is 41.9 Å². The first-order valence-electron chi connectivity index (χ1n) is 21.7. The lowest BCUT2D eigenvalue weighted by Gasteiger charge is -2.35. The van der Waals surface area contributed by atoms with Gasteiger partial charge in [0.2, 0.25) is 11.8 Å². The zero-order valence-electron chi connectivity index (χ0n) is 35.9. The summed E-state index contributed by atoms with van der Waals surface area (Å²) in [6, 6.07) is 46.3. The second-order valence-corrected chi connectivity index (χ2v) is 17.0. The molecule has 62 heavy (non-hydrogen) atoms. The van der Waals surface area contributed by atoms with E-state index in [1.807, 2.05) is 134 Å². The van der Waals surface area contributed by atoms with Gasteiger partial charge in [-0.2, -0.15) is 0 Å². The Morgan fingerprint density at radius 3 is 1.47 bits per heavy atom. The third kappa shape index (κ3) is 8.11. The van der Waals surface area contributed by atoms with Gasteiger partial charge in [-0.25, -0.2) is 9.97 Å². The average Bonchev–Trinajstić information content (AvgIpc) is 4.15. The van der Waals surface area contributed by atoms with Crippen LogP contribution in [0.15, 0.2) is 152 Å². The molecule has 4 heterocycles. The Labute approximate surface area is 364 Å². The molecule has 10 nitrogen and oxygen atoms in total. The molecule has 2 fully saturated rings. The predicted octanol–water partition coefficient (Wildman–Crippen LogP) is 9.81. The number of aromatic amines is 2. The molecule has 2 N–H and O–H groups in total. The van der Waals surface area contributed by atoms with E-state index in [1.165, 1.54) is 0 Å². The van der Waals surface area contributed by atoms with Crippen LogP contribution in [0.1, 0.15) is 84.2 Å². The highest BCUT2D eigenvalue weighted by Crippen LogP contribution is 2.45. The van der Waals surface area contributed by atoms with Crippen molar-refractivity contribution in [1.29, 1.82) is 0 Å². The first-order chi connectivity index (χ1) is 30.2. The highest BCUT2D eigenvalue weighted by atomic mass is 16.2. The van der Waals surface area contributed by atoms with Crippen LogP contribution >= 0.6 is 0 Å². The number of benzene rings is 5. The minimum Gasteiger partial charge on any atom is -0.340 e. The van der Waals surface area contributed by atoms with Gasteiger partial charge >= 0.3 is 0 Å². The molecule has 1 unspecified atom stereocenters. The Bertz CT molecular complexity index is 2590. The molecule has 2 aliphatic heterocycles. The van der Waals surface area contributed by atoms with E-state index in [2.05, 4.69) is 75.5 Å². The predicted molar refractivity (Wildman–Crippen MR) is 244 cm³/mol. The van der Waals surface area contributed by atoms with E-state index < -0.39 is 6.04 Å². The minimum absolute atomic E-state index is 0.0518. The van der Waals surface area contributed by atoms with Crippen molar-refractivity contribution in [2.24, 2.45) is 0 Å². The Morgan fingerprint density at radius 2 is 0.968 bits per heavy atom. The van der Waals surface area contributed by atoms with Crippen LogP contribution in [-0.2, 0) is 9.59 Å². The van der Waals surface area contributed by atoms with Gasteiger partial charge in [0, 0.05) is 6.54 Å². The number of H-pyrrole nitrogens is 2. The van der Waals surface area contributed by atoms with Crippen LogP contribution in [0.25, 0.3) is 33.6 Å². The summed E-state index contributed by atoms with van der Waals surface area (Å²) in [6.07, 6.45) is 7.26. The summed E-state index contributed by atoms with van der Waals surface area (Å²) in [5.41, 5.74) is 9.23. The number of hydrogen-bond donors (Lipinski definition) is 2. The molecule has 10 heteroatoms. The molecular weight excluding hydrogens is 769 g/mol. The Balaban J connectivity index is 0.898. The first kappa shape index (κ1) is 40.8. The lowest BCUT2D eigenvalue weighted by molar-refractivity contribution is -0.140. The highest BCUT2D eigenvalue weighted by Gasteiger charge is 2.43. The number of likely N-dealkylation sites (tertiary alicyclic amines) is 2. The second-order valence-electron chi connectivity index (χ2n) is 17.0. The number of rotatable bonds is 12. The maximum Gasteiger partial charge on any atom is 0.245 e. The number of nitrogens with one attached hydrogen (secondary N) is 2. The van der Waals surface area contributed by atoms with E-state index >= 15 is 0 Å². The zero-order valence-corrected chi connectivity index (χ0v) is 35.9. The molecule has 314 valence electrons. The van der Waals surface area contributed by atoms with Crippen molar-refractivity contribution in [3.05, 3.63) is 180 Å². The molecule has 9 rings (SSSR count). The standard InChI is InChI=1S/C52H54N8O2/c1-57(2)47(40-17-10-6-11-18-40)51(61)59-32-14-21-45(59)49-53-33-42(55-49)37-26-22-35(23-27-37)36-24-28-38(29-25-36)43-34-54-50(56-43)46-31-30-44(39-15-8-5-9-16-39)60(46)52(62)48(58(3)4)41-19-12-7-13-20-41/h5-13,15-20,22-29,33-34,44-48H,14,21,30-32H2,1-4H3,(H,53,55)(H,54,56)/t44-,45?,46+,47-,48-/m1/s1. The fourth-order valence-electron chi connectivity index (χ4n) is 9.59. The average molecular weight is 823 g/mol. The van der Waals surface area contributed by atoms with E-state index in [-0.39, 0.29) is 36.0 Å². The van der Waals surface area contributed by atoms with E-state index in [4.69, 9.17) is 9.97 Å². The number of imidazole rings is 2. The van der Waals surface area contributed by atoms with Crippen LogP contribution in [0.5, 0.6) is 0 Å². The molecule has 0 bridgehead atoms. The monoisotopic (exact) mass is 822 g/mol. The SMILES string of the molecule is CN(C)[C@@H](C(=O)N1CCCC1c1ncc(-c2ccc(-c3ccc(-c4cnc([C@@H]5CC[C@H](c6ccccc6)N5C(=O)[C@@H](c5ccccc5)N(C)C)[nH]4)cc3)cc2)[nH]1)c1ccccc1. The number of carbonyl (C=O) groups is 2. The van der Waals surface area contributed by atoms with E-state index in [1.54, 1.807) is 0 Å². The van der Waals surface area contributed by atoms with E-state index in [0.717, 1.165) is 87.7 Å². The summed E-state index contributed by atoms with van der Waals surface area (Å²) in [5.74, 6) is 1.80. The molecule has 0 aliphatic carbocycles. The molecule has 7 aromatic rings. The summed E-state index contributed by atoms with van der Waals surface area (Å²) in [7, 11) is 7.87. The van der Waals surface area contributed by atoms with Crippen LogP contribution in [0, 0.1) is 0 Å². The zero-order chi connectivity index (χ0) is 42.7. The fourth-order valence-corrected chi connectivity index (χ4v) is 9.59. The molecule has 0 radical (unpaired) electrons. The third-order valence-electron chi connectivity index (χ3n) is 12.6. The van der Waals surface area contributed by atoms with Crippen LogP contribution < -0.4 is 0 Å². The lowest BCUT2D eigenvalue weighted by atomic mass is 10.0. The van der Waals surface area contributed by atoms with Crippen LogP contribution in [0.3, 0.4) is 0 Å². The maximum absolute atomic E-state index is 14.7. The molecule has 0 saturated carbocycles. The summed E-state index contributed by atoms with van der Waals surface area (Å²) in [4.78, 5) is 53.6. The van der Waals surface area contributed by atoms with Crippen molar-refractivity contribution in [2.45, 2.75) is 55.9 Å². The molecule has 2 aliphatic rings. The number of amides is 2. The van der Waals surface area contributed by atoms with Crippen molar-refractivity contribution >= 4 is 11.8 Å². The fraction of sp³-hybridized carbons (Fsp3) is 0.269. The number of hydrogen-bond acceptors (Lipinski definition) is 6. The van der Waals surface area contributed by atoms with E-state index in [9.17, 15) is 9.59 Å². The topological polar surface area (TPSA) is 104 Å². The summed E-state index contributed by atoms with van der Waals surface area (Å²) in [6.45, 7) is 0.716. The van der Waals surface area contributed by atoms with Gasteiger partial charge in [0.15, 0.2) is 0 Å². The largest absolute Gasteiger partial charge is 0.340 e. The third-order valence-corrected chi connectivity index (χ3v) is 12.6. The number of likely N-dealkylation sites (N-methyl/N-ethyl adjacent to an activating group) is 2. The molecular formula is C52H54N8O2. The van der Waals surface area contributed by atoms with Crippen molar-refractivity contribution < 1.29 is 9.59 Å². The summed E-state index contributed by atoms with van der Waals surface area (Å²) >= 11 is 0. The Morgan fingerprint density at radius 1 is 0.532 bits per heavy atom. The van der Waals surface area contributed by atoms with Crippen LogP contribution in [0.2, 0.25) is 0 Å². The minimum atomic E-state index is -0.419. The number of aromatic nitrogens is 4. The van der Waals surface area contributed by atoms with Crippen molar-refractivity contribution in [2.75, 3.05) is 34.7 Å². The molecule has 0 spiro atoms. The highest BCUT2D eigenvalue weighted by molar-refractivity contribution is 5.85. The summed E-state index contributed by atoms with van der Waals surface area (Å²) in [5, 5.41) is 0. The lowest BCUT2D eigenvalue weighted by Crippen LogP contribution is -2.41. The van der Waals surface area contributed by atoms with Gasteiger partial charge in [-0.1, -0.05) is 140 Å². The smallest absolute Gasteiger partial charge is 0.245 e. The van der Waals surface area contributed by atoms with Crippen molar-refractivity contribution in [3.63, 3.8) is 0 Å². The normalized spacial score (nSPS) is 18.7. The van der Waals surface area contributed by atoms with Gasteiger partial charge in [-0.3, -0.25) is 19.4 Å². The van der Waals surface area contributed by atoms with Crippen LogP contribution in [0.4, 0.5) is 0 Å². The Kier molecular flexibility index (Phi) is 11.7. The van der Waals surface area contributed by atoms with Crippen LogP contribution in [-0.4, -0.2) is 86.1 Å². The quantitative estimate of drug-likeness (QED) is 0.127. The second kappa shape index (κ2) is 17.8. The number of nitrogens with zero attached hydrogens (tertiary/aromatic N) is 6.